The van der Waals surface area contributed by atoms with Gasteiger partial charge in [-0.15, -0.1) is 0 Å². The summed E-state index contributed by atoms with van der Waals surface area (Å²) < 4.78 is 15.9. The van der Waals surface area contributed by atoms with Crippen molar-refractivity contribution in [3.63, 3.8) is 0 Å². The molecule has 0 bridgehead atoms. The fourth-order valence-corrected chi connectivity index (χ4v) is 5.06. The van der Waals surface area contributed by atoms with Gasteiger partial charge in [-0.25, -0.2) is 4.79 Å². The van der Waals surface area contributed by atoms with E-state index in [2.05, 4.69) is 40.4 Å². The van der Waals surface area contributed by atoms with Crippen molar-refractivity contribution in [3.05, 3.63) is 71.3 Å². The van der Waals surface area contributed by atoms with Gasteiger partial charge < -0.3 is 29.7 Å². The minimum Gasteiger partial charge on any atom is -0.377 e. The minimum atomic E-state index is -0.758. The molecule has 1 aliphatic heterocycles. The lowest BCUT2D eigenvalue weighted by atomic mass is 10.0. The second-order valence-electron chi connectivity index (χ2n) is 11.7. The highest BCUT2D eigenvalue weighted by Crippen LogP contribution is 2.12. The van der Waals surface area contributed by atoms with E-state index in [1.54, 1.807) is 0 Å². The molecule has 2 aromatic rings. The van der Waals surface area contributed by atoms with Gasteiger partial charge in [-0.05, 0) is 68.1 Å². The van der Waals surface area contributed by atoms with Gasteiger partial charge in [0, 0.05) is 19.4 Å². The molecule has 0 unspecified atom stereocenters. The first-order valence-electron chi connectivity index (χ1n) is 16.8. The predicted octanol–water partition coefficient (Wildman–Crippen LogP) is 2.94. The van der Waals surface area contributed by atoms with E-state index in [0.29, 0.717) is 32.4 Å². The molecule has 1 saturated heterocycles. The van der Waals surface area contributed by atoms with E-state index in [-0.39, 0.29) is 70.4 Å². The molecular formula is C36H49N3O9. The van der Waals surface area contributed by atoms with Crippen LogP contribution in [0.1, 0.15) is 68.1 Å². The number of nitrogens with one attached hydrogen (secondary N) is 3. The minimum absolute atomic E-state index is 0.0371. The van der Waals surface area contributed by atoms with E-state index < -0.39 is 23.8 Å². The lowest BCUT2D eigenvalue weighted by molar-refractivity contribution is -0.158. The summed E-state index contributed by atoms with van der Waals surface area (Å²) >= 11 is 0. The van der Waals surface area contributed by atoms with Gasteiger partial charge in [-0.1, -0.05) is 54.6 Å². The molecule has 1 fully saturated rings. The van der Waals surface area contributed by atoms with Gasteiger partial charge >= 0.3 is 5.97 Å². The van der Waals surface area contributed by atoms with Gasteiger partial charge in [-0.2, -0.15) is 5.48 Å². The van der Waals surface area contributed by atoms with Crippen LogP contribution in [0.2, 0.25) is 0 Å². The number of hydroxylamine groups is 1. The van der Waals surface area contributed by atoms with Crippen LogP contribution >= 0.6 is 0 Å². The van der Waals surface area contributed by atoms with Gasteiger partial charge in [0.15, 0.2) is 5.78 Å². The van der Waals surface area contributed by atoms with Crippen molar-refractivity contribution < 1.29 is 43.0 Å². The fraction of sp³-hybridized carbons (Fsp3) is 0.528. The Hall–Kier alpha value is -4.13. The van der Waals surface area contributed by atoms with Crippen LogP contribution in [-0.4, -0.2) is 81.7 Å². The molecule has 3 amide bonds. The summed E-state index contributed by atoms with van der Waals surface area (Å²) in [4.78, 5) is 66.6. The zero-order valence-electron chi connectivity index (χ0n) is 27.7. The maximum Gasteiger partial charge on any atom is 0.332 e. The first-order chi connectivity index (χ1) is 23.4. The zero-order valence-corrected chi connectivity index (χ0v) is 27.7. The van der Waals surface area contributed by atoms with Gasteiger partial charge in [-0.3, -0.25) is 19.2 Å². The maximum atomic E-state index is 12.9. The van der Waals surface area contributed by atoms with Crippen LogP contribution in [-0.2, 0) is 62.3 Å². The second-order valence-corrected chi connectivity index (χ2v) is 11.7. The number of Topliss-reactive ketones (excluding diaryl/α,β-unsaturated/α-hetero) is 1. The summed E-state index contributed by atoms with van der Waals surface area (Å²) in [6.07, 6.45) is 5.98. The summed E-state index contributed by atoms with van der Waals surface area (Å²) in [6, 6.07) is 17.5. The summed E-state index contributed by atoms with van der Waals surface area (Å²) in [5, 5.41) is 5.47. The number of ketones is 1. The normalized spacial score (nSPS) is 17.2. The van der Waals surface area contributed by atoms with Gasteiger partial charge in [0.05, 0.1) is 38.9 Å². The molecule has 1 aliphatic rings. The van der Waals surface area contributed by atoms with E-state index in [4.69, 9.17) is 19.0 Å². The monoisotopic (exact) mass is 667 g/mol. The Morgan fingerprint density at radius 2 is 1.35 bits per heavy atom. The largest absolute Gasteiger partial charge is 0.377 e. The summed E-state index contributed by atoms with van der Waals surface area (Å²) in [5.74, 6) is -2.01. The molecule has 0 radical (unpaired) electrons. The van der Waals surface area contributed by atoms with Crippen LogP contribution in [0.4, 0.5) is 0 Å². The number of carbonyl (C=O) groups is 5. The summed E-state index contributed by atoms with van der Waals surface area (Å²) in [5.41, 5.74) is 5.54. The highest BCUT2D eigenvalue weighted by atomic mass is 16.7. The molecule has 12 nitrogen and oxygen atoms in total. The molecule has 262 valence electrons. The molecule has 3 N–H and O–H groups in total. The van der Waals surface area contributed by atoms with Crippen LogP contribution in [0.3, 0.4) is 0 Å². The molecule has 0 saturated carbocycles. The Labute approximate surface area is 282 Å². The van der Waals surface area contributed by atoms with Crippen LogP contribution in [0.25, 0.3) is 0 Å². The standard InChI is InChI=1S/C36H49N3O9/c40-32(31-13-6-7-20-37-34(42)26-46-23-21-45-22-24-47-27-35(43)38-31)14-8-15-36(44)48-39-33(41)25-30-18-16-29(17-19-30)12-5-4-11-28-9-2-1-3-10-28/h1-3,9-10,16-19,31H,4-8,11-15,20-27H2,(H,37,42)(H,38,43)(H,39,41)/t31-/m0/s1. The quantitative estimate of drug-likeness (QED) is 0.229. The number of unbranched alkanes of at least 4 members (excludes halogenated alkanes) is 1. The van der Waals surface area contributed by atoms with Gasteiger partial charge in [0.1, 0.15) is 13.2 Å². The van der Waals surface area contributed by atoms with Crippen molar-refractivity contribution in [3.8, 4) is 0 Å². The third-order valence-corrected chi connectivity index (χ3v) is 7.67. The fourth-order valence-electron chi connectivity index (χ4n) is 5.06. The Kier molecular flexibility index (Phi) is 18.6. The number of carbonyl (C=O) groups excluding carboxylic acids is 5. The molecule has 1 heterocycles. The first-order valence-corrected chi connectivity index (χ1v) is 16.8. The number of benzene rings is 2. The second kappa shape index (κ2) is 23.2. The Morgan fingerprint density at radius 1 is 0.729 bits per heavy atom. The number of aryl methyl sites for hydroxylation is 2. The third-order valence-electron chi connectivity index (χ3n) is 7.67. The van der Waals surface area contributed by atoms with Crippen LogP contribution in [0.15, 0.2) is 54.6 Å². The molecule has 2 aromatic carbocycles. The van der Waals surface area contributed by atoms with Crippen LogP contribution < -0.4 is 16.1 Å². The van der Waals surface area contributed by atoms with E-state index in [9.17, 15) is 24.0 Å². The van der Waals surface area contributed by atoms with E-state index in [0.717, 1.165) is 31.2 Å². The van der Waals surface area contributed by atoms with Crippen molar-refractivity contribution >= 4 is 29.5 Å². The third kappa shape index (κ3) is 17.1. The van der Waals surface area contributed by atoms with E-state index in [1.165, 1.54) is 11.1 Å². The molecule has 0 aliphatic carbocycles. The van der Waals surface area contributed by atoms with Gasteiger partial charge in [0.2, 0.25) is 11.8 Å². The topological polar surface area (TPSA) is 158 Å². The summed E-state index contributed by atoms with van der Waals surface area (Å²) in [6.45, 7) is 1.15. The maximum absolute atomic E-state index is 12.9. The smallest absolute Gasteiger partial charge is 0.332 e. The first kappa shape index (κ1) is 38.3. The van der Waals surface area contributed by atoms with Crippen molar-refractivity contribution in [1.82, 2.24) is 16.1 Å². The highest BCUT2D eigenvalue weighted by molar-refractivity contribution is 5.89. The number of ether oxygens (including phenoxy) is 3. The number of hydrogen-bond donors (Lipinski definition) is 3. The van der Waals surface area contributed by atoms with Gasteiger partial charge in [0.25, 0.3) is 5.91 Å². The number of hydrogen-bond acceptors (Lipinski definition) is 9. The van der Waals surface area contributed by atoms with Crippen molar-refractivity contribution in [2.75, 3.05) is 46.2 Å². The molecule has 0 aromatic heterocycles. The molecule has 12 heteroatoms. The number of rotatable bonds is 12. The van der Waals surface area contributed by atoms with E-state index in [1.807, 2.05) is 30.3 Å². The molecule has 48 heavy (non-hydrogen) atoms. The zero-order chi connectivity index (χ0) is 34.2. The Morgan fingerprint density at radius 3 is 2.06 bits per heavy atom. The SMILES string of the molecule is O=C1COCCOCCOCC(=O)N[C@H](C(=O)CCCC(=O)ONC(=O)Cc2ccc(CCCCc3ccccc3)cc2)CCCCN1. The predicted molar refractivity (Wildman–Crippen MR) is 178 cm³/mol. The number of amides is 3. The molecule has 3 rings (SSSR count). The van der Waals surface area contributed by atoms with Crippen molar-refractivity contribution in [2.45, 2.75) is 76.7 Å². The van der Waals surface area contributed by atoms with Crippen molar-refractivity contribution in [1.29, 1.82) is 0 Å². The Balaban J connectivity index is 1.32. The van der Waals surface area contributed by atoms with E-state index >= 15 is 0 Å². The van der Waals surface area contributed by atoms with Crippen LogP contribution in [0, 0.1) is 0 Å². The van der Waals surface area contributed by atoms with Crippen LogP contribution in [0.5, 0.6) is 0 Å². The average molecular weight is 668 g/mol. The van der Waals surface area contributed by atoms with Crippen molar-refractivity contribution in [2.24, 2.45) is 0 Å². The average Bonchev–Trinajstić information content (AvgIpc) is 3.08. The summed E-state index contributed by atoms with van der Waals surface area (Å²) in [7, 11) is 0. The Bertz CT molecular complexity index is 1270. The molecule has 0 spiro atoms. The highest BCUT2D eigenvalue weighted by Gasteiger charge is 2.21. The lowest BCUT2D eigenvalue weighted by Crippen LogP contribution is -2.42. The molecule has 1 atom stereocenters. The lowest BCUT2D eigenvalue weighted by Gasteiger charge is -2.18. The molecular weight excluding hydrogens is 618 g/mol.